The molecule has 2 rings (SSSR count). The van der Waals surface area contributed by atoms with E-state index in [-0.39, 0.29) is 6.04 Å². The molecular formula is C7H13NO2S. The topological polar surface area (TPSA) is 46.2 Å². The Balaban J connectivity index is 1.66. The largest absolute Gasteiger partial charge is 0.312 e. The zero-order valence-corrected chi connectivity index (χ0v) is 7.23. The van der Waals surface area contributed by atoms with Gasteiger partial charge < -0.3 is 5.32 Å². The molecule has 0 aromatic carbocycles. The van der Waals surface area contributed by atoms with Gasteiger partial charge in [0.1, 0.15) is 0 Å². The standard InChI is InChI=1S/C7H13NO2S/c9-11(10)4-7(5-11)8-3-6-1-2-6/h6-8H,1-5H2. The van der Waals surface area contributed by atoms with E-state index in [1.54, 1.807) is 0 Å². The van der Waals surface area contributed by atoms with Gasteiger partial charge in [-0.15, -0.1) is 0 Å². The molecule has 0 radical (unpaired) electrons. The molecule has 1 N–H and O–H groups in total. The van der Waals surface area contributed by atoms with Crippen LogP contribution in [0.4, 0.5) is 0 Å². The smallest absolute Gasteiger partial charge is 0.153 e. The monoisotopic (exact) mass is 175 g/mol. The first-order valence-electron chi connectivity index (χ1n) is 4.09. The maximum atomic E-state index is 10.7. The predicted molar refractivity (Wildman–Crippen MR) is 43.2 cm³/mol. The lowest BCUT2D eigenvalue weighted by molar-refractivity contribution is 0.502. The van der Waals surface area contributed by atoms with Gasteiger partial charge in [-0.05, 0) is 25.3 Å². The molecule has 1 saturated heterocycles. The average molecular weight is 175 g/mol. The Morgan fingerprint density at radius 2 is 1.91 bits per heavy atom. The van der Waals surface area contributed by atoms with Crippen LogP contribution in [0.25, 0.3) is 0 Å². The third kappa shape index (κ3) is 1.93. The van der Waals surface area contributed by atoms with Crippen molar-refractivity contribution in [3.63, 3.8) is 0 Å². The van der Waals surface area contributed by atoms with Gasteiger partial charge in [0.25, 0.3) is 0 Å². The van der Waals surface area contributed by atoms with Crippen molar-refractivity contribution in [2.75, 3.05) is 18.1 Å². The Morgan fingerprint density at radius 1 is 1.27 bits per heavy atom. The van der Waals surface area contributed by atoms with E-state index in [9.17, 15) is 8.42 Å². The fourth-order valence-electron chi connectivity index (χ4n) is 1.34. The number of nitrogens with one attached hydrogen (secondary N) is 1. The molecule has 2 aliphatic rings. The zero-order valence-electron chi connectivity index (χ0n) is 6.41. The summed E-state index contributed by atoms with van der Waals surface area (Å²) in [4.78, 5) is 0. The van der Waals surface area contributed by atoms with Crippen LogP contribution in [0.3, 0.4) is 0 Å². The molecule has 4 heteroatoms. The normalized spacial score (nSPS) is 29.8. The van der Waals surface area contributed by atoms with Gasteiger partial charge in [0.2, 0.25) is 0 Å². The minimum Gasteiger partial charge on any atom is -0.312 e. The van der Waals surface area contributed by atoms with Crippen molar-refractivity contribution < 1.29 is 8.42 Å². The summed E-state index contributed by atoms with van der Waals surface area (Å²) in [5.41, 5.74) is 0. The molecule has 0 bridgehead atoms. The molecule has 0 aromatic heterocycles. The summed E-state index contributed by atoms with van der Waals surface area (Å²) in [5, 5.41) is 3.26. The molecular weight excluding hydrogens is 162 g/mol. The van der Waals surface area contributed by atoms with Crippen LogP contribution in [-0.2, 0) is 9.84 Å². The maximum Gasteiger partial charge on any atom is 0.153 e. The van der Waals surface area contributed by atoms with Crippen LogP contribution in [0.2, 0.25) is 0 Å². The van der Waals surface area contributed by atoms with Gasteiger partial charge in [0.15, 0.2) is 9.84 Å². The van der Waals surface area contributed by atoms with Gasteiger partial charge in [0.05, 0.1) is 11.5 Å². The number of rotatable bonds is 3. The van der Waals surface area contributed by atoms with Gasteiger partial charge in [0, 0.05) is 6.04 Å². The van der Waals surface area contributed by atoms with Gasteiger partial charge in [-0.3, -0.25) is 0 Å². The Morgan fingerprint density at radius 3 is 2.36 bits per heavy atom. The highest BCUT2D eigenvalue weighted by atomic mass is 32.2. The van der Waals surface area contributed by atoms with Crippen LogP contribution in [0, 0.1) is 5.92 Å². The summed E-state index contributed by atoms with van der Waals surface area (Å²) in [6.07, 6.45) is 2.65. The molecule has 1 aliphatic carbocycles. The first kappa shape index (κ1) is 7.55. The van der Waals surface area contributed by atoms with Crippen LogP contribution in [0.15, 0.2) is 0 Å². The third-order valence-corrected chi connectivity index (χ3v) is 4.12. The Hall–Kier alpha value is -0.0900. The summed E-state index contributed by atoms with van der Waals surface area (Å²) in [7, 11) is -2.62. The van der Waals surface area contributed by atoms with Crippen LogP contribution in [0.5, 0.6) is 0 Å². The number of sulfone groups is 1. The quantitative estimate of drug-likeness (QED) is 0.645. The molecule has 0 spiro atoms. The Labute approximate surface area is 67.1 Å². The van der Waals surface area contributed by atoms with Crippen molar-refractivity contribution in [2.45, 2.75) is 18.9 Å². The highest BCUT2D eigenvalue weighted by molar-refractivity contribution is 7.92. The molecule has 11 heavy (non-hydrogen) atoms. The summed E-state index contributed by atoms with van der Waals surface area (Å²) in [5.74, 6) is 1.57. The Bertz CT molecular complexity index is 231. The van der Waals surface area contributed by atoms with Crippen molar-refractivity contribution in [3.05, 3.63) is 0 Å². The fraction of sp³-hybridized carbons (Fsp3) is 1.00. The molecule has 1 aliphatic heterocycles. The van der Waals surface area contributed by atoms with E-state index in [0.717, 1.165) is 12.5 Å². The molecule has 0 aromatic rings. The van der Waals surface area contributed by atoms with E-state index in [0.29, 0.717) is 11.5 Å². The molecule has 0 atom stereocenters. The average Bonchev–Trinajstić information content (AvgIpc) is 2.60. The lowest BCUT2D eigenvalue weighted by Crippen LogP contribution is -2.51. The minimum absolute atomic E-state index is 0.264. The van der Waals surface area contributed by atoms with E-state index in [1.807, 2.05) is 0 Å². The molecule has 0 unspecified atom stereocenters. The van der Waals surface area contributed by atoms with Crippen LogP contribution in [-0.4, -0.2) is 32.5 Å². The molecule has 1 heterocycles. The maximum absolute atomic E-state index is 10.7. The van der Waals surface area contributed by atoms with Crippen molar-refractivity contribution in [2.24, 2.45) is 5.92 Å². The van der Waals surface area contributed by atoms with Gasteiger partial charge in [-0.1, -0.05) is 0 Å². The summed E-state index contributed by atoms with van der Waals surface area (Å²) < 4.78 is 21.4. The lowest BCUT2D eigenvalue weighted by atomic mass is 10.3. The fourth-order valence-corrected chi connectivity index (χ4v) is 2.70. The highest BCUT2D eigenvalue weighted by Crippen LogP contribution is 2.28. The highest BCUT2D eigenvalue weighted by Gasteiger charge is 2.34. The summed E-state index contributed by atoms with van der Waals surface area (Å²) in [6, 6.07) is 0.264. The molecule has 1 saturated carbocycles. The van der Waals surface area contributed by atoms with Crippen molar-refractivity contribution in [3.8, 4) is 0 Å². The van der Waals surface area contributed by atoms with Crippen molar-refractivity contribution in [1.29, 1.82) is 0 Å². The Kier molecular flexibility index (Phi) is 1.68. The predicted octanol–water partition coefficient (Wildman–Crippen LogP) is -0.217. The first-order valence-corrected chi connectivity index (χ1v) is 5.92. The molecule has 3 nitrogen and oxygen atoms in total. The second kappa shape index (κ2) is 2.45. The minimum atomic E-state index is -2.62. The molecule has 2 fully saturated rings. The van der Waals surface area contributed by atoms with E-state index in [2.05, 4.69) is 5.32 Å². The van der Waals surface area contributed by atoms with Crippen molar-refractivity contribution in [1.82, 2.24) is 5.32 Å². The third-order valence-electron chi connectivity index (χ3n) is 2.30. The SMILES string of the molecule is O=S1(=O)CC(NCC2CC2)C1. The molecule has 0 amide bonds. The van der Waals surface area contributed by atoms with E-state index in [1.165, 1.54) is 12.8 Å². The zero-order chi connectivity index (χ0) is 7.90. The summed E-state index contributed by atoms with van der Waals surface area (Å²) >= 11 is 0. The lowest BCUT2D eigenvalue weighted by Gasteiger charge is -2.26. The number of hydrogen-bond acceptors (Lipinski definition) is 3. The first-order chi connectivity index (χ1) is 5.16. The van der Waals surface area contributed by atoms with Gasteiger partial charge >= 0.3 is 0 Å². The van der Waals surface area contributed by atoms with E-state index in [4.69, 9.17) is 0 Å². The van der Waals surface area contributed by atoms with Crippen LogP contribution >= 0.6 is 0 Å². The van der Waals surface area contributed by atoms with Crippen molar-refractivity contribution >= 4 is 9.84 Å². The second-order valence-corrected chi connectivity index (χ2v) is 5.78. The van der Waals surface area contributed by atoms with E-state index < -0.39 is 9.84 Å². The van der Waals surface area contributed by atoms with Crippen LogP contribution in [0.1, 0.15) is 12.8 Å². The van der Waals surface area contributed by atoms with Crippen LogP contribution < -0.4 is 5.32 Å². The molecule has 64 valence electrons. The van der Waals surface area contributed by atoms with E-state index >= 15 is 0 Å². The second-order valence-electron chi connectivity index (χ2n) is 3.63. The number of hydrogen-bond donors (Lipinski definition) is 1. The van der Waals surface area contributed by atoms with Gasteiger partial charge in [-0.25, -0.2) is 8.42 Å². The summed E-state index contributed by atoms with van der Waals surface area (Å²) in [6.45, 7) is 1.03. The van der Waals surface area contributed by atoms with Gasteiger partial charge in [-0.2, -0.15) is 0 Å².